The Hall–Kier alpha value is -3.01. The molecule has 0 aliphatic heterocycles. The van der Waals surface area contributed by atoms with Gasteiger partial charge in [0.05, 0.1) is 11.9 Å². The van der Waals surface area contributed by atoms with Crippen LogP contribution in [-0.4, -0.2) is 56.1 Å². The van der Waals surface area contributed by atoms with E-state index < -0.39 is 51.6 Å². The molecule has 0 aliphatic rings. The van der Waals surface area contributed by atoms with E-state index in [2.05, 4.69) is 5.32 Å². The molecule has 0 saturated carbocycles. The molecule has 7 nitrogen and oxygen atoms in total. The molecule has 0 radical (unpaired) electrons. The minimum Gasteiger partial charge on any atom is -0.350 e. The highest BCUT2D eigenvalue weighted by molar-refractivity contribution is 7.92. The predicted octanol–water partition coefficient (Wildman–Crippen LogP) is 3.11. The molecule has 0 spiro atoms. The predicted molar refractivity (Wildman–Crippen MR) is 128 cm³/mol. The van der Waals surface area contributed by atoms with Gasteiger partial charge in [0.25, 0.3) is 0 Å². The molecule has 34 heavy (non-hydrogen) atoms. The van der Waals surface area contributed by atoms with Crippen molar-refractivity contribution >= 4 is 27.5 Å². The molecule has 1 N–H and O–H groups in total. The first-order chi connectivity index (χ1) is 15.7. The van der Waals surface area contributed by atoms with Gasteiger partial charge in [-0.15, -0.1) is 0 Å². The number of carbonyl (C=O) groups excluding carboxylic acids is 2. The van der Waals surface area contributed by atoms with Crippen molar-refractivity contribution in [2.75, 3.05) is 23.7 Å². The van der Waals surface area contributed by atoms with Gasteiger partial charge in [0.2, 0.25) is 21.8 Å². The second-order valence-corrected chi connectivity index (χ2v) is 11.0. The SMILES string of the molecule is CC(C(=O)NC(C)(C)C)N(CCc1ccccc1)C(=O)CN(c1ccc(F)c(F)c1)S(C)(=O)=O. The van der Waals surface area contributed by atoms with Crippen molar-refractivity contribution in [2.24, 2.45) is 0 Å². The zero-order chi connectivity index (χ0) is 25.7. The summed E-state index contributed by atoms with van der Waals surface area (Å²) in [6.07, 6.45) is 1.30. The first kappa shape index (κ1) is 27.2. The summed E-state index contributed by atoms with van der Waals surface area (Å²) in [5.41, 5.74) is 0.207. The topological polar surface area (TPSA) is 86.8 Å². The molecule has 1 unspecified atom stereocenters. The van der Waals surface area contributed by atoms with E-state index in [9.17, 15) is 26.8 Å². The van der Waals surface area contributed by atoms with Crippen molar-refractivity contribution < 1.29 is 26.8 Å². The third kappa shape index (κ3) is 7.79. The molecule has 186 valence electrons. The molecule has 0 saturated heterocycles. The monoisotopic (exact) mass is 495 g/mol. The molecule has 2 aromatic rings. The van der Waals surface area contributed by atoms with Crippen molar-refractivity contribution in [1.29, 1.82) is 0 Å². The fourth-order valence-corrected chi connectivity index (χ4v) is 4.14. The molecule has 0 aromatic heterocycles. The number of amides is 2. The average molecular weight is 496 g/mol. The summed E-state index contributed by atoms with van der Waals surface area (Å²) in [5.74, 6) is -3.42. The molecule has 2 rings (SSSR count). The van der Waals surface area contributed by atoms with Crippen molar-refractivity contribution in [3.63, 3.8) is 0 Å². The Bertz CT molecular complexity index is 1120. The Morgan fingerprint density at radius 2 is 1.65 bits per heavy atom. The number of carbonyl (C=O) groups is 2. The van der Waals surface area contributed by atoms with Crippen LogP contribution < -0.4 is 9.62 Å². The largest absolute Gasteiger partial charge is 0.350 e. The van der Waals surface area contributed by atoms with Crippen LogP contribution in [0.2, 0.25) is 0 Å². The summed E-state index contributed by atoms with van der Waals surface area (Å²) in [4.78, 5) is 27.5. The molecule has 10 heteroatoms. The summed E-state index contributed by atoms with van der Waals surface area (Å²) >= 11 is 0. The second kappa shape index (κ2) is 10.9. The number of sulfonamides is 1. The average Bonchev–Trinajstić information content (AvgIpc) is 2.72. The Morgan fingerprint density at radius 3 is 2.18 bits per heavy atom. The van der Waals surface area contributed by atoms with E-state index in [4.69, 9.17) is 0 Å². The summed E-state index contributed by atoms with van der Waals surface area (Å²) in [7, 11) is -4.02. The van der Waals surface area contributed by atoms with E-state index in [1.807, 2.05) is 51.1 Å². The number of benzene rings is 2. The van der Waals surface area contributed by atoms with Crippen molar-refractivity contribution in [3.05, 3.63) is 65.7 Å². The van der Waals surface area contributed by atoms with Gasteiger partial charge >= 0.3 is 0 Å². The smallest absolute Gasteiger partial charge is 0.244 e. The summed E-state index contributed by atoms with van der Waals surface area (Å²) in [6.45, 7) is 6.46. The van der Waals surface area contributed by atoms with Gasteiger partial charge in [-0.05, 0) is 51.8 Å². The minimum atomic E-state index is -4.02. The lowest BCUT2D eigenvalue weighted by atomic mass is 10.1. The van der Waals surface area contributed by atoms with Crippen LogP contribution in [0.5, 0.6) is 0 Å². The highest BCUT2D eigenvalue weighted by atomic mass is 32.2. The Balaban J connectivity index is 2.34. The molecular formula is C24H31F2N3O4S. The number of rotatable bonds is 9. The van der Waals surface area contributed by atoms with Crippen LogP contribution in [0.15, 0.2) is 48.5 Å². The zero-order valence-electron chi connectivity index (χ0n) is 20.0. The Kier molecular flexibility index (Phi) is 8.77. The van der Waals surface area contributed by atoms with E-state index in [0.29, 0.717) is 16.8 Å². The standard InChI is InChI=1S/C24H31F2N3O4S/c1-17(23(31)27-24(2,3)4)28(14-13-18-9-7-6-8-10-18)22(30)16-29(34(5,32)33)19-11-12-20(25)21(26)15-19/h6-12,15,17H,13-14,16H2,1-5H3,(H,27,31). The van der Waals surface area contributed by atoms with Crippen LogP contribution in [0.25, 0.3) is 0 Å². The van der Waals surface area contributed by atoms with Crippen molar-refractivity contribution in [1.82, 2.24) is 10.2 Å². The lowest BCUT2D eigenvalue weighted by molar-refractivity contribution is -0.139. The zero-order valence-corrected chi connectivity index (χ0v) is 20.8. The van der Waals surface area contributed by atoms with Crippen LogP contribution in [0.3, 0.4) is 0 Å². The molecule has 1 atom stereocenters. The number of nitrogens with zero attached hydrogens (tertiary/aromatic N) is 2. The minimum absolute atomic E-state index is 0.150. The van der Waals surface area contributed by atoms with E-state index in [1.165, 1.54) is 4.90 Å². The first-order valence-electron chi connectivity index (χ1n) is 10.8. The number of halogens is 2. The third-order valence-electron chi connectivity index (χ3n) is 5.02. The summed E-state index contributed by atoms with van der Waals surface area (Å²) < 4.78 is 52.7. The fourth-order valence-electron chi connectivity index (χ4n) is 3.30. The normalized spacial score (nSPS) is 12.7. The van der Waals surface area contributed by atoms with Crippen LogP contribution in [0.1, 0.15) is 33.3 Å². The molecule has 2 amide bonds. The third-order valence-corrected chi connectivity index (χ3v) is 6.16. The molecule has 0 fully saturated rings. The van der Waals surface area contributed by atoms with Gasteiger partial charge in [-0.1, -0.05) is 30.3 Å². The quantitative estimate of drug-likeness (QED) is 0.579. The van der Waals surface area contributed by atoms with Gasteiger partial charge in [0, 0.05) is 18.2 Å². The van der Waals surface area contributed by atoms with Gasteiger partial charge in [0.15, 0.2) is 11.6 Å². The van der Waals surface area contributed by atoms with Crippen LogP contribution in [0.4, 0.5) is 14.5 Å². The second-order valence-electron chi connectivity index (χ2n) is 9.11. The number of nitrogens with one attached hydrogen (secondary N) is 1. The molecule has 0 heterocycles. The summed E-state index contributed by atoms with van der Waals surface area (Å²) in [6, 6.07) is 11.0. The molecule has 2 aromatic carbocycles. The maximum atomic E-state index is 13.8. The number of hydrogen-bond acceptors (Lipinski definition) is 4. The van der Waals surface area contributed by atoms with Gasteiger partial charge < -0.3 is 10.2 Å². The number of hydrogen-bond donors (Lipinski definition) is 1. The maximum absolute atomic E-state index is 13.8. The maximum Gasteiger partial charge on any atom is 0.244 e. The fraction of sp³-hybridized carbons (Fsp3) is 0.417. The van der Waals surface area contributed by atoms with Crippen LogP contribution >= 0.6 is 0 Å². The van der Waals surface area contributed by atoms with Gasteiger partial charge in [-0.25, -0.2) is 17.2 Å². The van der Waals surface area contributed by atoms with Crippen LogP contribution in [-0.2, 0) is 26.0 Å². The molecular weight excluding hydrogens is 464 g/mol. The lowest BCUT2D eigenvalue weighted by Crippen LogP contribution is -2.55. The van der Waals surface area contributed by atoms with E-state index in [1.54, 1.807) is 6.92 Å². The highest BCUT2D eigenvalue weighted by Gasteiger charge is 2.31. The Morgan fingerprint density at radius 1 is 1.03 bits per heavy atom. The van der Waals surface area contributed by atoms with Crippen LogP contribution in [0, 0.1) is 11.6 Å². The molecule has 0 aliphatic carbocycles. The van der Waals surface area contributed by atoms with Gasteiger partial charge in [-0.3, -0.25) is 13.9 Å². The highest BCUT2D eigenvalue weighted by Crippen LogP contribution is 2.21. The Labute approximate surface area is 199 Å². The molecule has 0 bridgehead atoms. The van der Waals surface area contributed by atoms with Gasteiger partial charge in [-0.2, -0.15) is 0 Å². The number of anilines is 1. The van der Waals surface area contributed by atoms with E-state index in [0.717, 1.165) is 24.0 Å². The first-order valence-corrected chi connectivity index (χ1v) is 12.6. The van der Waals surface area contributed by atoms with Crippen molar-refractivity contribution in [2.45, 2.75) is 45.7 Å². The summed E-state index contributed by atoms with van der Waals surface area (Å²) in [5, 5.41) is 2.83. The van der Waals surface area contributed by atoms with E-state index >= 15 is 0 Å². The lowest BCUT2D eigenvalue weighted by Gasteiger charge is -2.33. The van der Waals surface area contributed by atoms with Gasteiger partial charge in [0.1, 0.15) is 12.6 Å². The van der Waals surface area contributed by atoms with Crippen molar-refractivity contribution in [3.8, 4) is 0 Å². The van der Waals surface area contributed by atoms with E-state index in [-0.39, 0.29) is 12.2 Å².